The van der Waals surface area contributed by atoms with Crippen molar-refractivity contribution in [2.24, 2.45) is 0 Å². The first-order valence-corrected chi connectivity index (χ1v) is 6.59. The number of imidazole rings is 1. The molecular weight excluding hydrogens is 262 g/mol. The quantitative estimate of drug-likeness (QED) is 0.783. The fourth-order valence-electron chi connectivity index (χ4n) is 1.82. The van der Waals surface area contributed by atoms with Gasteiger partial charge >= 0.3 is 0 Å². The molecule has 0 atom stereocenters. The third kappa shape index (κ3) is 2.19. The topological polar surface area (TPSA) is 72.2 Å². The summed E-state index contributed by atoms with van der Waals surface area (Å²) in [4.78, 5) is 21.2. The summed E-state index contributed by atoms with van der Waals surface area (Å²) in [5.41, 5.74) is 3.79. The standard InChI is InChI=1S/C12H11N5OS/c1-8-10(17-12(16-8)19-7-15-17)11(18)14-6-9-3-2-4-13-5-9/h2-5,7H,6H2,1H3,(H,14,18). The largest absolute Gasteiger partial charge is 0.347 e. The first-order chi connectivity index (χ1) is 9.25. The molecule has 0 saturated carbocycles. The zero-order valence-electron chi connectivity index (χ0n) is 10.2. The number of amides is 1. The molecule has 0 radical (unpaired) electrons. The van der Waals surface area contributed by atoms with Gasteiger partial charge in [-0.2, -0.15) is 9.61 Å². The highest BCUT2D eigenvalue weighted by molar-refractivity contribution is 7.14. The molecule has 0 spiro atoms. The van der Waals surface area contributed by atoms with E-state index in [1.165, 1.54) is 11.3 Å². The number of hydrogen-bond acceptors (Lipinski definition) is 5. The maximum Gasteiger partial charge on any atom is 0.272 e. The van der Waals surface area contributed by atoms with Crippen molar-refractivity contribution in [3.05, 3.63) is 47.0 Å². The van der Waals surface area contributed by atoms with Crippen LogP contribution in [0.2, 0.25) is 0 Å². The fourth-order valence-corrected chi connectivity index (χ4v) is 2.49. The average Bonchev–Trinajstić information content (AvgIpc) is 2.97. The predicted octanol–water partition coefficient (Wildman–Crippen LogP) is 1.42. The SMILES string of the molecule is Cc1nc2scnn2c1C(=O)NCc1cccnc1. The Morgan fingerprint density at radius 1 is 1.53 bits per heavy atom. The molecule has 1 amide bonds. The molecule has 0 aromatic carbocycles. The summed E-state index contributed by atoms with van der Waals surface area (Å²) < 4.78 is 1.57. The number of aromatic nitrogens is 4. The van der Waals surface area contributed by atoms with Crippen LogP contribution in [0.25, 0.3) is 4.96 Å². The van der Waals surface area contributed by atoms with Crippen molar-refractivity contribution in [1.82, 2.24) is 24.9 Å². The van der Waals surface area contributed by atoms with Gasteiger partial charge in [0.05, 0.1) is 5.69 Å². The molecule has 7 heteroatoms. The van der Waals surface area contributed by atoms with Crippen LogP contribution in [-0.2, 0) is 6.54 Å². The van der Waals surface area contributed by atoms with Gasteiger partial charge in [0.2, 0.25) is 4.96 Å². The minimum Gasteiger partial charge on any atom is -0.347 e. The summed E-state index contributed by atoms with van der Waals surface area (Å²) in [6, 6.07) is 3.75. The number of nitrogens with one attached hydrogen (secondary N) is 1. The minimum absolute atomic E-state index is 0.181. The molecule has 6 nitrogen and oxygen atoms in total. The van der Waals surface area contributed by atoms with E-state index in [1.54, 1.807) is 29.3 Å². The molecule has 0 aliphatic rings. The van der Waals surface area contributed by atoms with Gasteiger partial charge in [-0.1, -0.05) is 17.4 Å². The van der Waals surface area contributed by atoms with Gasteiger partial charge in [-0.15, -0.1) is 0 Å². The molecule has 3 aromatic heterocycles. The highest BCUT2D eigenvalue weighted by Gasteiger charge is 2.17. The molecule has 0 aliphatic heterocycles. The summed E-state index contributed by atoms with van der Waals surface area (Å²) >= 11 is 1.40. The Morgan fingerprint density at radius 2 is 2.42 bits per heavy atom. The van der Waals surface area contributed by atoms with Crippen molar-refractivity contribution in [3.8, 4) is 0 Å². The van der Waals surface area contributed by atoms with Crippen LogP contribution >= 0.6 is 11.3 Å². The van der Waals surface area contributed by atoms with Crippen LogP contribution in [0, 0.1) is 6.92 Å². The number of fused-ring (bicyclic) bond motifs is 1. The number of carbonyl (C=O) groups excluding carboxylic acids is 1. The average molecular weight is 273 g/mol. The predicted molar refractivity (Wildman–Crippen MR) is 71.0 cm³/mol. The summed E-state index contributed by atoms with van der Waals surface area (Å²) in [5.74, 6) is -0.181. The lowest BCUT2D eigenvalue weighted by molar-refractivity contribution is 0.0943. The Morgan fingerprint density at radius 3 is 3.21 bits per heavy atom. The van der Waals surface area contributed by atoms with Gasteiger partial charge in [0, 0.05) is 18.9 Å². The molecule has 96 valence electrons. The highest BCUT2D eigenvalue weighted by atomic mass is 32.1. The Bertz CT molecular complexity index is 718. The van der Waals surface area contributed by atoms with Crippen molar-refractivity contribution in [2.75, 3.05) is 0 Å². The van der Waals surface area contributed by atoms with Crippen molar-refractivity contribution in [2.45, 2.75) is 13.5 Å². The van der Waals surface area contributed by atoms with E-state index in [1.807, 2.05) is 12.1 Å². The van der Waals surface area contributed by atoms with Crippen molar-refractivity contribution in [1.29, 1.82) is 0 Å². The Balaban J connectivity index is 1.80. The molecule has 0 bridgehead atoms. The van der Waals surface area contributed by atoms with Gasteiger partial charge in [-0.05, 0) is 18.6 Å². The third-order valence-electron chi connectivity index (χ3n) is 2.71. The smallest absolute Gasteiger partial charge is 0.272 e. The molecule has 0 fully saturated rings. The van der Waals surface area contributed by atoms with E-state index in [-0.39, 0.29) is 5.91 Å². The van der Waals surface area contributed by atoms with Crippen LogP contribution in [0.4, 0.5) is 0 Å². The molecule has 0 aliphatic carbocycles. The number of hydrogen-bond donors (Lipinski definition) is 1. The second kappa shape index (κ2) is 4.77. The van der Waals surface area contributed by atoms with E-state index in [2.05, 4.69) is 20.4 Å². The van der Waals surface area contributed by atoms with Crippen LogP contribution in [0.1, 0.15) is 21.7 Å². The molecule has 0 saturated heterocycles. The first kappa shape index (κ1) is 11.8. The number of nitrogens with zero attached hydrogens (tertiary/aromatic N) is 4. The maximum atomic E-state index is 12.2. The molecule has 3 aromatic rings. The van der Waals surface area contributed by atoms with Crippen LogP contribution < -0.4 is 5.32 Å². The monoisotopic (exact) mass is 273 g/mol. The minimum atomic E-state index is -0.181. The molecule has 0 unspecified atom stereocenters. The van der Waals surface area contributed by atoms with E-state index in [4.69, 9.17) is 0 Å². The van der Waals surface area contributed by atoms with E-state index in [0.29, 0.717) is 17.9 Å². The van der Waals surface area contributed by atoms with Crippen molar-refractivity contribution < 1.29 is 4.79 Å². The Labute approximate surface area is 113 Å². The van der Waals surface area contributed by atoms with Crippen LogP contribution in [-0.4, -0.2) is 25.5 Å². The van der Waals surface area contributed by atoms with Gasteiger partial charge in [0.15, 0.2) is 5.69 Å². The second-order valence-electron chi connectivity index (χ2n) is 4.02. The van der Waals surface area contributed by atoms with E-state index < -0.39 is 0 Å². The second-order valence-corrected chi connectivity index (χ2v) is 4.83. The lowest BCUT2D eigenvalue weighted by Crippen LogP contribution is -2.25. The van der Waals surface area contributed by atoms with Crippen LogP contribution in [0.3, 0.4) is 0 Å². The van der Waals surface area contributed by atoms with Crippen molar-refractivity contribution in [3.63, 3.8) is 0 Å². The van der Waals surface area contributed by atoms with Gasteiger partial charge in [-0.25, -0.2) is 4.98 Å². The normalized spacial score (nSPS) is 10.8. The number of rotatable bonds is 3. The van der Waals surface area contributed by atoms with E-state index >= 15 is 0 Å². The number of pyridine rings is 1. The lowest BCUT2D eigenvalue weighted by Gasteiger charge is -2.04. The number of carbonyl (C=O) groups is 1. The van der Waals surface area contributed by atoms with E-state index in [9.17, 15) is 4.79 Å². The molecule has 3 rings (SSSR count). The summed E-state index contributed by atoms with van der Waals surface area (Å²) in [6.45, 7) is 2.24. The zero-order valence-corrected chi connectivity index (χ0v) is 11.0. The van der Waals surface area contributed by atoms with Crippen LogP contribution in [0.15, 0.2) is 30.0 Å². The van der Waals surface area contributed by atoms with Gasteiger partial charge in [-0.3, -0.25) is 9.78 Å². The zero-order chi connectivity index (χ0) is 13.2. The molecular formula is C12H11N5OS. The van der Waals surface area contributed by atoms with Gasteiger partial charge in [0.1, 0.15) is 5.51 Å². The summed E-state index contributed by atoms with van der Waals surface area (Å²) in [6.07, 6.45) is 3.42. The van der Waals surface area contributed by atoms with E-state index in [0.717, 1.165) is 10.5 Å². The Hall–Kier alpha value is -2.28. The summed E-state index contributed by atoms with van der Waals surface area (Å²) in [7, 11) is 0. The van der Waals surface area contributed by atoms with Gasteiger partial charge in [0.25, 0.3) is 5.91 Å². The molecule has 3 heterocycles. The Kier molecular flexibility index (Phi) is 2.96. The van der Waals surface area contributed by atoms with Gasteiger partial charge < -0.3 is 5.32 Å². The molecule has 1 N–H and O–H groups in total. The first-order valence-electron chi connectivity index (χ1n) is 5.71. The molecule has 19 heavy (non-hydrogen) atoms. The third-order valence-corrected chi connectivity index (χ3v) is 3.39. The van der Waals surface area contributed by atoms with Crippen LogP contribution in [0.5, 0.6) is 0 Å². The number of aryl methyl sites for hydroxylation is 1. The lowest BCUT2D eigenvalue weighted by atomic mass is 10.2. The fraction of sp³-hybridized carbons (Fsp3) is 0.167. The maximum absolute atomic E-state index is 12.2. The summed E-state index contributed by atoms with van der Waals surface area (Å²) in [5, 5.41) is 6.96. The van der Waals surface area contributed by atoms with Crippen molar-refractivity contribution >= 4 is 22.2 Å². The highest BCUT2D eigenvalue weighted by Crippen LogP contribution is 2.14.